The highest BCUT2D eigenvalue weighted by Gasteiger charge is 2.27. The van der Waals surface area contributed by atoms with Gasteiger partial charge in [-0.25, -0.2) is 4.79 Å². The molecule has 0 bridgehead atoms. The van der Waals surface area contributed by atoms with Crippen molar-refractivity contribution in [2.75, 3.05) is 0 Å². The predicted octanol–water partition coefficient (Wildman–Crippen LogP) is 3.05. The Bertz CT molecular complexity index is 755. The molecular formula is C23H30N2O4. The highest BCUT2D eigenvalue weighted by Crippen LogP contribution is 2.09. The Hall–Kier alpha value is -2.86. The molecule has 3 N–H and O–H groups in total. The lowest BCUT2D eigenvalue weighted by Gasteiger charge is -2.27. The van der Waals surface area contributed by atoms with Crippen molar-refractivity contribution in [2.24, 2.45) is 5.92 Å². The molecule has 0 aromatic heterocycles. The van der Waals surface area contributed by atoms with Crippen molar-refractivity contribution in [3.8, 4) is 0 Å². The van der Waals surface area contributed by atoms with Crippen LogP contribution in [0.15, 0.2) is 60.7 Å². The van der Waals surface area contributed by atoms with Gasteiger partial charge in [0.05, 0.1) is 12.1 Å². The smallest absolute Gasteiger partial charge is 0.408 e. The summed E-state index contributed by atoms with van der Waals surface area (Å²) in [5.41, 5.74) is 1.77. The third-order valence-corrected chi connectivity index (χ3v) is 4.65. The SMILES string of the molecule is CC(C)[C@H](NC(=O)[C@@H](Cc1ccccc1)NC(=O)OCc1ccccc1)[C@H](C)O. The lowest BCUT2D eigenvalue weighted by atomic mass is 9.98. The number of aliphatic hydroxyl groups is 1. The number of benzene rings is 2. The fraction of sp³-hybridized carbons (Fsp3) is 0.391. The fourth-order valence-corrected chi connectivity index (χ4v) is 3.08. The Morgan fingerprint density at radius 2 is 1.45 bits per heavy atom. The summed E-state index contributed by atoms with van der Waals surface area (Å²) >= 11 is 0. The van der Waals surface area contributed by atoms with Gasteiger partial charge in [0.2, 0.25) is 5.91 Å². The number of ether oxygens (including phenoxy) is 1. The van der Waals surface area contributed by atoms with E-state index in [4.69, 9.17) is 4.74 Å². The average Bonchev–Trinajstić information content (AvgIpc) is 2.71. The van der Waals surface area contributed by atoms with E-state index >= 15 is 0 Å². The van der Waals surface area contributed by atoms with E-state index in [1.54, 1.807) is 6.92 Å². The van der Waals surface area contributed by atoms with Gasteiger partial charge < -0.3 is 20.5 Å². The maximum atomic E-state index is 12.9. The molecule has 0 saturated carbocycles. The molecule has 0 fully saturated rings. The van der Waals surface area contributed by atoms with Crippen LogP contribution in [0.2, 0.25) is 0 Å². The minimum Gasteiger partial charge on any atom is -0.445 e. The Kier molecular flexibility index (Phi) is 8.68. The number of carbonyl (C=O) groups is 2. The molecule has 6 nitrogen and oxygen atoms in total. The lowest BCUT2D eigenvalue weighted by Crippen LogP contribution is -2.54. The van der Waals surface area contributed by atoms with Crippen molar-refractivity contribution in [1.29, 1.82) is 0 Å². The van der Waals surface area contributed by atoms with E-state index in [1.165, 1.54) is 0 Å². The van der Waals surface area contributed by atoms with Crippen LogP contribution in [0.3, 0.4) is 0 Å². The van der Waals surface area contributed by atoms with Gasteiger partial charge >= 0.3 is 6.09 Å². The topological polar surface area (TPSA) is 87.7 Å². The molecule has 2 aromatic carbocycles. The lowest BCUT2D eigenvalue weighted by molar-refractivity contribution is -0.125. The van der Waals surface area contributed by atoms with Gasteiger partial charge in [-0.3, -0.25) is 4.79 Å². The summed E-state index contributed by atoms with van der Waals surface area (Å²) in [6.07, 6.45) is -1.05. The van der Waals surface area contributed by atoms with E-state index in [1.807, 2.05) is 74.5 Å². The molecule has 0 unspecified atom stereocenters. The van der Waals surface area contributed by atoms with Crippen LogP contribution in [0.1, 0.15) is 31.9 Å². The molecule has 0 spiro atoms. The zero-order chi connectivity index (χ0) is 21.2. The molecule has 6 heteroatoms. The van der Waals surface area contributed by atoms with Crippen molar-refractivity contribution in [3.05, 3.63) is 71.8 Å². The van der Waals surface area contributed by atoms with Crippen LogP contribution in [0.5, 0.6) is 0 Å². The number of hydrogen-bond donors (Lipinski definition) is 3. The number of alkyl carbamates (subject to hydrolysis) is 1. The van der Waals surface area contributed by atoms with Crippen molar-refractivity contribution in [3.63, 3.8) is 0 Å². The second-order valence-electron chi connectivity index (χ2n) is 7.47. The molecule has 0 aliphatic rings. The third kappa shape index (κ3) is 7.58. The van der Waals surface area contributed by atoms with Crippen LogP contribution in [0, 0.1) is 5.92 Å². The molecule has 2 aromatic rings. The minimum absolute atomic E-state index is 0.0429. The standard InChI is InChI=1S/C23H30N2O4/c1-16(2)21(17(3)26)25-22(27)20(14-18-10-6-4-7-11-18)24-23(28)29-15-19-12-8-5-9-13-19/h4-13,16-17,20-21,26H,14-15H2,1-3H3,(H,24,28)(H,25,27)/t17-,20+,21-/m0/s1. The minimum atomic E-state index is -0.819. The summed E-state index contributed by atoms with van der Waals surface area (Å²) in [5.74, 6) is -0.313. The Morgan fingerprint density at radius 1 is 0.897 bits per heavy atom. The second-order valence-corrected chi connectivity index (χ2v) is 7.47. The molecule has 0 aliphatic heterocycles. The number of carbonyl (C=O) groups excluding carboxylic acids is 2. The van der Waals surface area contributed by atoms with Gasteiger partial charge in [0.1, 0.15) is 12.6 Å². The summed E-state index contributed by atoms with van der Waals surface area (Å²) < 4.78 is 5.27. The molecule has 0 saturated heterocycles. The number of amides is 2. The fourth-order valence-electron chi connectivity index (χ4n) is 3.08. The highest BCUT2D eigenvalue weighted by molar-refractivity contribution is 5.86. The van der Waals surface area contributed by atoms with E-state index in [9.17, 15) is 14.7 Å². The van der Waals surface area contributed by atoms with Crippen molar-refractivity contribution >= 4 is 12.0 Å². The average molecular weight is 399 g/mol. The summed E-state index contributed by atoms with van der Waals surface area (Å²) in [4.78, 5) is 25.2. The van der Waals surface area contributed by atoms with Crippen molar-refractivity contribution in [1.82, 2.24) is 10.6 Å². The zero-order valence-electron chi connectivity index (χ0n) is 17.2. The number of aliphatic hydroxyl groups excluding tert-OH is 1. The summed E-state index contributed by atoms with van der Waals surface area (Å²) in [6.45, 7) is 5.60. The summed E-state index contributed by atoms with van der Waals surface area (Å²) in [7, 11) is 0. The Morgan fingerprint density at radius 3 is 1.97 bits per heavy atom. The van der Waals surface area contributed by atoms with Crippen LogP contribution in [0.25, 0.3) is 0 Å². The Balaban J connectivity index is 2.05. The van der Waals surface area contributed by atoms with Crippen molar-refractivity contribution < 1.29 is 19.4 Å². The van der Waals surface area contributed by atoms with Gasteiger partial charge in [-0.1, -0.05) is 74.5 Å². The van der Waals surface area contributed by atoms with Crippen molar-refractivity contribution in [2.45, 2.75) is 52.0 Å². The molecular weight excluding hydrogens is 368 g/mol. The molecule has 29 heavy (non-hydrogen) atoms. The molecule has 156 valence electrons. The monoisotopic (exact) mass is 398 g/mol. The molecule has 3 atom stereocenters. The van der Waals surface area contributed by atoms with Gasteiger partial charge in [-0.05, 0) is 24.0 Å². The quantitative estimate of drug-likeness (QED) is 0.606. The summed E-state index contributed by atoms with van der Waals surface area (Å²) in [6, 6.07) is 17.5. The summed E-state index contributed by atoms with van der Waals surface area (Å²) in [5, 5.41) is 15.5. The van der Waals surface area contributed by atoms with E-state index in [-0.39, 0.29) is 18.4 Å². The van der Waals surface area contributed by atoms with E-state index in [0.717, 1.165) is 11.1 Å². The van der Waals surface area contributed by atoms with Gasteiger partial charge in [0, 0.05) is 6.42 Å². The highest BCUT2D eigenvalue weighted by atomic mass is 16.5. The molecule has 2 amide bonds. The van der Waals surface area contributed by atoms with Gasteiger partial charge in [0.25, 0.3) is 0 Å². The number of hydrogen-bond acceptors (Lipinski definition) is 4. The molecule has 0 aliphatic carbocycles. The second kappa shape index (κ2) is 11.2. The van der Waals surface area contributed by atoms with E-state index in [2.05, 4.69) is 10.6 Å². The first kappa shape index (κ1) is 22.4. The number of nitrogens with one attached hydrogen (secondary N) is 2. The van der Waals surface area contributed by atoms with Crippen LogP contribution in [0.4, 0.5) is 4.79 Å². The van der Waals surface area contributed by atoms with E-state index in [0.29, 0.717) is 6.42 Å². The Labute approximate surface area is 172 Å². The van der Waals surface area contributed by atoms with Crippen LogP contribution >= 0.6 is 0 Å². The maximum absolute atomic E-state index is 12.9. The molecule has 0 heterocycles. The first-order valence-corrected chi connectivity index (χ1v) is 9.86. The largest absolute Gasteiger partial charge is 0.445 e. The first-order chi connectivity index (χ1) is 13.9. The van der Waals surface area contributed by atoms with Gasteiger partial charge in [0.15, 0.2) is 0 Å². The third-order valence-electron chi connectivity index (χ3n) is 4.65. The molecule has 0 radical (unpaired) electrons. The number of rotatable bonds is 9. The van der Waals surface area contributed by atoms with Crippen LogP contribution in [-0.4, -0.2) is 35.3 Å². The van der Waals surface area contributed by atoms with Crippen LogP contribution in [-0.2, 0) is 22.6 Å². The normalized spacial score (nSPS) is 14.0. The predicted molar refractivity (Wildman–Crippen MR) is 112 cm³/mol. The van der Waals surface area contributed by atoms with Gasteiger partial charge in [-0.15, -0.1) is 0 Å². The maximum Gasteiger partial charge on any atom is 0.408 e. The zero-order valence-corrected chi connectivity index (χ0v) is 17.2. The van der Waals surface area contributed by atoms with Gasteiger partial charge in [-0.2, -0.15) is 0 Å². The van der Waals surface area contributed by atoms with Crippen LogP contribution < -0.4 is 10.6 Å². The first-order valence-electron chi connectivity index (χ1n) is 9.86. The molecule has 2 rings (SSSR count). The van der Waals surface area contributed by atoms with E-state index < -0.39 is 24.3 Å².